The van der Waals surface area contributed by atoms with Gasteiger partial charge in [-0.25, -0.2) is 18.0 Å². The SMILES string of the molecule is CN[C@@H](CC(C)C)C(=O)N1CCC(N(C)S(=O)(=O)c2cccc(C(F)(F)F)c2)CC1.O=C(O)C=CC(=O)O. The van der Waals surface area contributed by atoms with E-state index in [1.54, 1.807) is 11.9 Å². The molecule has 1 fully saturated rings. The fourth-order valence-electron chi connectivity index (χ4n) is 3.82. The van der Waals surface area contributed by atoms with Gasteiger partial charge in [-0.1, -0.05) is 19.9 Å². The Labute approximate surface area is 220 Å². The van der Waals surface area contributed by atoms with E-state index < -0.39 is 33.7 Å². The summed E-state index contributed by atoms with van der Waals surface area (Å²) >= 11 is 0. The topological polar surface area (TPSA) is 144 Å². The van der Waals surface area contributed by atoms with Gasteiger partial charge in [0.15, 0.2) is 0 Å². The van der Waals surface area contributed by atoms with Crippen LogP contribution in [0.5, 0.6) is 0 Å². The number of sulfonamides is 1. The van der Waals surface area contributed by atoms with Crippen molar-refractivity contribution < 1.29 is 46.2 Å². The number of aliphatic carboxylic acids is 2. The molecule has 38 heavy (non-hydrogen) atoms. The van der Waals surface area contributed by atoms with Gasteiger partial charge >= 0.3 is 18.1 Å². The van der Waals surface area contributed by atoms with Crippen LogP contribution in [0.3, 0.4) is 0 Å². The lowest BCUT2D eigenvalue weighted by Gasteiger charge is -2.37. The molecule has 0 bridgehead atoms. The van der Waals surface area contributed by atoms with Gasteiger partial charge in [-0.05, 0) is 50.4 Å². The first-order chi connectivity index (χ1) is 17.5. The van der Waals surface area contributed by atoms with E-state index >= 15 is 0 Å². The Hall–Kier alpha value is -2.97. The van der Waals surface area contributed by atoms with Gasteiger partial charge in [0.25, 0.3) is 0 Å². The highest BCUT2D eigenvalue weighted by atomic mass is 32.2. The number of nitrogens with zero attached hydrogens (tertiary/aromatic N) is 2. The molecular weight excluding hydrogens is 531 g/mol. The summed E-state index contributed by atoms with van der Waals surface area (Å²) < 4.78 is 65.7. The van der Waals surface area contributed by atoms with Gasteiger partial charge in [0, 0.05) is 38.3 Å². The number of hydrogen-bond donors (Lipinski definition) is 3. The second-order valence-electron chi connectivity index (χ2n) is 9.08. The Bertz CT molecular complexity index is 1080. The lowest BCUT2D eigenvalue weighted by molar-refractivity contribution is -0.138. The van der Waals surface area contributed by atoms with Crippen LogP contribution >= 0.6 is 0 Å². The first-order valence-corrected chi connectivity index (χ1v) is 13.2. The molecule has 1 aliphatic rings. The van der Waals surface area contributed by atoms with Crippen molar-refractivity contribution in [1.82, 2.24) is 14.5 Å². The molecule has 1 aromatic carbocycles. The number of piperidine rings is 1. The predicted octanol–water partition coefficient (Wildman–Crippen LogP) is 2.66. The molecule has 0 unspecified atom stereocenters. The lowest BCUT2D eigenvalue weighted by Crippen LogP contribution is -2.52. The van der Waals surface area contributed by atoms with Crippen molar-refractivity contribution in [1.29, 1.82) is 0 Å². The van der Waals surface area contributed by atoms with E-state index in [1.165, 1.54) is 13.1 Å². The average Bonchev–Trinajstić information content (AvgIpc) is 2.85. The third kappa shape index (κ3) is 10.1. The Morgan fingerprint density at radius 2 is 1.66 bits per heavy atom. The van der Waals surface area contributed by atoms with Gasteiger partial charge in [-0.15, -0.1) is 0 Å². The van der Waals surface area contributed by atoms with Gasteiger partial charge in [-0.3, -0.25) is 4.79 Å². The van der Waals surface area contributed by atoms with Crippen LogP contribution in [0.1, 0.15) is 38.7 Å². The van der Waals surface area contributed by atoms with Crippen molar-refractivity contribution in [2.45, 2.75) is 56.3 Å². The number of likely N-dealkylation sites (tertiary alicyclic amines) is 1. The van der Waals surface area contributed by atoms with E-state index in [1.807, 2.05) is 13.8 Å². The van der Waals surface area contributed by atoms with Crippen molar-refractivity contribution in [2.24, 2.45) is 5.92 Å². The van der Waals surface area contributed by atoms with Crippen LogP contribution in [0, 0.1) is 5.92 Å². The molecule has 14 heteroatoms. The number of rotatable bonds is 9. The molecule has 1 aromatic rings. The van der Waals surface area contributed by atoms with Crippen LogP contribution in [-0.4, -0.2) is 85.0 Å². The van der Waals surface area contributed by atoms with Crippen molar-refractivity contribution in [2.75, 3.05) is 27.2 Å². The first kappa shape index (κ1) is 33.1. The zero-order valence-corrected chi connectivity index (χ0v) is 22.4. The minimum atomic E-state index is -4.62. The van der Waals surface area contributed by atoms with Crippen molar-refractivity contribution in [3.8, 4) is 0 Å². The van der Waals surface area contributed by atoms with E-state index in [0.717, 1.165) is 16.4 Å². The molecule has 1 saturated heterocycles. The second-order valence-corrected chi connectivity index (χ2v) is 11.1. The number of likely N-dealkylation sites (N-methyl/N-ethyl adjacent to an activating group) is 1. The maximum Gasteiger partial charge on any atom is 0.416 e. The van der Waals surface area contributed by atoms with Gasteiger partial charge in [-0.2, -0.15) is 17.5 Å². The number of amides is 1. The summed E-state index contributed by atoms with van der Waals surface area (Å²) in [7, 11) is -0.953. The molecule has 0 spiro atoms. The summed E-state index contributed by atoms with van der Waals surface area (Å²) in [5, 5.41) is 18.7. The van der Waals surface area contributed by atoms with E-state index in [-0.39, 0.29) is 22.9 Å². The molecule has 10 nitrogen and oxygen atoms in total. The Morgan fingerprint density at radius 3 is 2.08 bits per heavy atom. The van der Waals surface area contributed by atoms with E-state index in [2.05, 4.69) is 5.32 Å². The van der Waals surface area contributed by atoms with E-state index in [4.69, 9.17) is 10.2 Å². The normalized spacial score (nSPS) is 15.9. The summed E-state index contributed by atoms with van der Waals surface area (Å²) in [4.78, 5) is 33.2. The summed E-state index contributed by atoms with van der Waals surface area (Å²) in [5.74, 6) is -2.17. The average molecular weight is 566 g/mol. The number of carbonyl (C=O) groups is 3. The summed E-state index contributed by atoms with van der Waals surface area (Å²) in [6.07, 6.45) is -1.93. The number of nitrogens with one attached hydrogen (secondary N) is 1. The minimum Gasteiger partial charge on any atom is -0.478 e. The molecule has 0 aromatic heterocycles. The molecule has 1 aliphatic heterocycles. The molecule has 1 atom stereocenters. The standard InChI is InChI=1S/C20H30F3N3O3S.C4H4O4/c1-14(2)12-18(24-3)19(27)26-10-8-16(9-11-26)25(4)30(28,29)17-7-5-6-15(13-17)20(21,22)23;5-3(6)1-2-4(7)8/h5-7,13-14,16,18,24H,8-12H2,1-4H3;1-2H,(H,5,6)(H,7,8)/t18-;/m0./s1. The summed E-state index contributed by atoms with van der Waals surface area (Å²) in [5.41, 5.74) is -0.999. The van der Waals surface area contributed by atoms with Crippen LogP contribution in [-0.2, 0) is 30.6 Å². The third-order valence-electron chi connectivity index (χ3n) is 5.85. The molecule has 1 heterocycles. The second kappa shape index (κ2) is 14.3. The molecular formula is C24H34F3N3O7S. The monoisotopic (exact) mass is 565 g/mol. The van der Waals surface area contributed by atoms with Crippen molar-refractivity contribution in [3.63, 3.8) is 0 Å². The van der Waals surface area contributed by atoms with E-state index in [0.29, 0.717) is 56.5 Å². The Kier molecular flexibility index (Phi) is 12.4. The fourth-order valence-corrected chi connectivity index (χ4v) is 5.28. The number of benzene rings is 1. The molecule has 3 N–H and O–H groups in total. The zero-order chi connectivity index (χ0) is 29.3. The maximum atomic E-state index is 13.0. The Balaban J connectivity index is 0.000000781. The van der Waals surface area contributed by atoms with Gasteiger partial charge in [0.1, 0.15) is 0 Å². The molecule has 2 rings (SSSR count). The predicted molar refractivity (Wildman–Crippen MR) is 133 cm³/mol. The number of carbonyl (C=O) groups excluding carboxylic acids is 1. The number of alkyl halides is 3. The van der Waals surface area contributed by atoms with Crippen LogP contribution in [0.25, 0.3) is 0 Å². The lowest BCUT2D eigenvalue weighted by atomic mass is 10.00. The molecule has 0 aliphatic carbocycles. The minimum absolute atomic E-state index is 0.00645. The van der Waals surface area contributed by atoms with Gasteiger partial charge in [0.05, 0.1) is 16.5 Å². The Morgan fingerprint density at radius 1 is 1.13 bits per heavy atom. The highest BCUT2D eigenvalue weighted by Gasteiger charge is 2.36. The molecule has 0 saturated carbocycles. The van der Waals surface area contributed by atoms with Crippen LogP contribution in [0.4, 0.5) is 13.2 Å². The first-order valence-electron chi connectivity index (χ1n) is 11.8. The largest absolute Gasteiger partial charge is 0.478 e. The zero-order valence-electron chi connectivity index (χ0n) is 21.6. The van der Waals surface area contributed by atoms with E-state index in [9.17, 15) is 36.0 Å². The number of carboxylic acids is 2. The molecule has 1 amide bonds. The highest BCUT2D eigenvalue weighted by Crippen LogP contribution is 2.32. The maximum absolute atomic E-state index is 13.0. The van der Waals surface area contributed by atoms with Crippen LogP contribution in [0.2, 0.25) is 0 Å². The molecule has 0 radical (unpaired) electrons. The summed E-state index contributed by atoms with van der Waals surface area (Å²) in [6.45, 7) is 4.89. The highest BCUT2D eigenvalue weighted by molar-refractivity contribution is 7.89. The van der Waals surface area contributed by atoms with Gasteiger partial charge in [0.2, 0.25) is 15.9 Å². The quantitative estimate of drug-likeness (QED) is 0.388. The fraction of sp³-hybridized carbons (Fsp3) is 0.542. The van der Waals surface area contributed by atoms with Crippen molar-refractivity contribution >= 4 is 27.9 Å². The number of halogens is 3. The summed E-state index contributed by atoms with van der Waals surface area (Å²) in [6, 6.07) is 3.10. The molecule has 214 valence electrons. The van der Waals surface area contributed by atoms with Gasteiger partial charge < -0.3 is 20.4 Å². The van der Waals surface area contributed by atoms with Crippen LogP contribution in [0.15, 0.2) is 41.3 Å². The number of hydrogen-bond acceptors (Lipinski definition) is 6. The van der Waals surface area contributed by atoms with Crippen molar-refractivity contribution in [3.05, 3.63) is 42.0 Å². The third-order valence-corrected chi connectivity index (χ3v) is 7.76. The number of carboxylic acid groups (broad SMARTS) is 2. The smallest absolute Gasteiger partial charge is 0.416 e. The van der Waals surface area contributed by atoms with Crippen LogP contribution < -0.4 is 5.32 Å².